The van der Waals surface area contributed by atoms with Crippen molar-refractivity contribution in [3.8, 4) is 11.1 Å². The summed E-state index contributed by atoms with van der Waals surface area (Å²) in [6.07, 6.45) is 0. The van der Waals surface area contributed by atoms with Gasteiger partial charge in [0, 0.05) is 5.56 Å². The molecule has 0 aliphatic heterocycles. The predicted octanol–water partition coefficient (Wildman–Crippen LogP) is 5.06. The molecule has 4 nitrogen and oxygen atoms in total. The van der Waals surface area contributed by atoms with Crippen molar-refractivity contribution in [3.05, 3.63) is 83.9 Å². The lowest BCUT2D eigenvalue weighted by molar-refractivity contribution is 0.0652. The Morgan fingerprint density at radius 1 is 0.654 bits per heavy atom. The topological polar surface area (TPSA) is 74.6 Å². The highest BCUT2D eigenvalue weighted by Crippen LogP contribution is 2.38. The monoisotopic (exact) mass is 342 g/mol. The van der Waals surface area contributed by atoms with Crippen LogP contribution in [-0.2, 0) is 0 Å². The molecule has 0 bridgehead atoms. The van der Waals surface area contributed by atoms with E-state index < -0.39 is 11.9 Å². The number of carboxylic acid groups (broad SMARTS) is 2. The summed E-state index contributed by atoms with van der Waals surface area (Å²) in [4.78, 5) is 23.8. The number of hydrogen-bond acceptors (Lipinski definition) is 2. The zero-order valence-electron chi connectivity index (χ0n) is 13.6. The van der Waals surface area contributed by atoms with Crippen LogP contribution in [0.4, 0.5) is 0 Å². The second-order valence-electron chi connectivity index (χ2n) is 6.03. The molecule has 0 fully saturated rings. The molecule has 26 heavy (non-hydrogen) atoms. The van der Waals surface area contributed by atoms with Crippen LogP contribution in [0, 0.1) is 0 Å². The quantitative estimate of drug-likeness (QED) is 0.511. The molecule has 0 saturated heterocycles. The molecule has 4 rings (SSSR count). The van der Waals surface area contributed by atoms with E-state index in [4.69, 9.17) is 0 Å². The van der Waals surface area contributed by atoms with Gasteiger partial charge in [0.2, 0.25) is 0 Å². The summed E-state index contributed by atoms with van der Waals surface area (Å²) >= 11 is 0. The van der Waals surface area contributed by atoms with Crippen molar-refractivity contribution in [2.24, 2.45) is 0 Å². The average molecular weight is 342 g/mol. The number of hydrogen-bond donors (Lipinski definition) is 2. The number of aromatic carboxylic acids is 2. The van der Waals surface area contributed by atoms with Gasteiger partial charge in [-0.15, -0.1) is 0 Å². The van der Waals surface area contributed by atoms with Crippen LogP contribution in [0.3, 0.4) is 0 Å². The van der Waals surface area contributed by atoms with E-state index in [0.717, 1.165) is 21.5 Å². The van der Waals surface area contributed by atoms with E-state index >= 15 is 0 Å². The van der Waals surface area contributed by atoms with Gasteiger partial charge in [0.25, 0.3) is 0 Å². The van der Waals surface area contributed by atoms with Crippen LogP contribution in [-0.4, -0.2) is 22.2 Å². The fourth-order valence-corrected chi connectivity index (χ4v) is 3.45. The van der Waals surface area contributed by atoms with E-state index in [2.05, 4.69) is 0 Å². The van der Waals surface area contributed by atoms with Gasteiger partial charge >= 0.3 is 11.9 Å². The average Bonchev–Trinajstić information content (AvgIpc) is 2.66. The van der Waals surface area contributed by atoms with Gasteiger partial charge in [-0.2, -0.15) is 0 Å². The predicted molar refractivity (Wildman–Crippen MR) is 101 cm³/mol. The first-order valence-electron chi connectivity index (χ1n) is 8.08. The fourth-order valence-electron chi connectivity index (χ4n) is 3.45. The minimum Gasteiger partial charge on any atom is -0.478 e. The van der Waals surface area contributed by atoms with Gasteiger partial charge in [-0.3, -0.25) is 0 Å². The molecular formula is C22H14O4. The molecule has 0 spiro atoms. The van der Waals surface area contributed by atoms with E-state index in [1.165, 1.54) is 6.07 Å². The molecular weight excluding hydrogens is 328 g/mol. The highest BCUT2D eigenvalue weighted by atomic mass is 16.4. The molecule has 2 N–H and O–H groups in total. The molecule has 0 saturated carbocycles. The lowest BCUT2D eigenvalue weighted by atomic mass is 9.87. The number of rotatable bonds is 3. The number of fused-ring (bicyclic) bond motifs is 3. The summed E-state index contributed by atoms with van der Waals surface area (Å²) in [5.74, 6) is -2.51. The third kappa shape index (κ3) is 2.40. The minimum absolute atomic E-state index is 0.188. The largest absolute Gasteiger partial charge is 0.478 e. The van der Waals surface area contributed by atoms with Gasteiger partial charge in [0.15, 0.2) is 0 Å². The molecule has 0 aromatic heterocycles. The Balaban J connectivity index is 2.28. The summed E-state index contributed by atoms with van der Waals surface area (Å²) in [6.45, 7) is 0. The van der Waals surface area contributed by atoms with Crippen LogP contribution in [0.5, 0.6) is 0 Å². The SMILES string of the molecule is O=C(O)c1cc2c(ccc3ccccc32)c(-c2ccccc2)c1C(=O)O. The molecule has 0 unspecified atom stereocenters. The highest BCUT2D eigenvalue weighted by molar-refractivity contribution is 6.20. The molecule has 4 heteroatoms. The Labute approximate surface area is 148 Å². The molecule has 0 heterocycles. The number of carboxylic acids is 2. The number of benzene rings is 4. The van der Waals surface area contributed by atoms with Crippen LogP contribution < -0.4 is 0 Å². The summed E-state index contributed by atoms with van der Waals surface area (Å²) in [6, 6.07) is 22.0. The molecule has 4 aromatic carbocycles. The van der Waals surface area contributed by atoms with Crippen LogP contribution >= 0.6 is 0 Å². The normalized spacial score (nSPS) is 10.9. The molecule has 0 aliphatic rings. The first kappa shape index (κ1) is 15.8. The standard InChI is InChI=1S/C22H14O4/c23-21(24)18-12-17-15-9-5-4-6-13(15)10-11-16(17)19(20(18)22(25)26)14-7-2-1-3-8-14/h1-12H,(H,23,24)(H,25,26). The summed E-state index contributed by atoms with van der Waals surface area (Å²) in [7, 11) is 0. The zero-order chi connectivity index (χ0) is 18.3. The highest BCUT2D eigenvalue weighted by Gasteiger charge is 2.24. The molecule has 126 valence electrons. The Morgan fingerprint density at radius 2 is 1.35 bits per heavy atom. The van der Waals surface area contributed by atoms with Gasteiger partial charge in [-0.05, 0) is 33.2 Å². The maximum Gasteiger partial charge on any atom is 0.337 e. The van der Waals surface area contributed by atoms with Crippen molar-refractivity contribution < 1.29 is 19.8 Å². The van der Waals surface area contributed by atoms with E-state index in [1.54, 1.807) is 24.3 Å². The Bertz CT molecular complexity index is 1180. The first-order chi connectivity index (χ1) is 12.6. The third-order valence-corrected chi connectivity index (χ3v) is 4.55. The molecule has 0 atom stereocenters. The van der Waals surface area contributed by atoms with E-state index in [1.807, 2.05) is 42.5 Å². The van der Waals surface area contributed by atoms with Gasteiger partial charge in [0.1, 0.15) is 0 Å². The van der Waals surface area contributed by atoms with Gasteiger partial charge < -0.3 is 10.2 Å². The summed E-state index contributed by atoms with van der Waals surface area (Å²) in [5.41, 5.74) is 0.707. The van der Waals surface area contributed by atoms with Gasteiger partial charge in [-0.1, -0.05) is 66.7 Å². The van der Waals surface area contributed by atoms with Crippen LogP contribution in [0.25, 0.3) is 32.7 Å². The van der Waals surface area contributed by atoms with E-state index in [-0.39, 0.29) is 11.1 Å². The smallest absolute Gasteiger partial charge is 0.337 e. The van der Waals surface area contributed by atoms with Crippen molar-refractivity contribution >= 4 is 33.5 Å². The maximum atomic E-state index is 12.0. The second kappa shape index (κ2) is 6.01. The Kier molecular flexibility index (Phi) is 3.66. The minimum atomic E-state index is -1.26. The molecule has 0 aliphatic carbocycles. The Morgan fingerprint density at radius 3 is 2.04 bits per heavy atom. The number of carbonyl (C=O) groups is 2. The second-order valence-corrected chi connectivity index (χ2v) is 6.03. The van der Waals surface area contributed by atoms with E-state index in [0.29, 0.717) is 11.1 Å². The van der Waals surface area contributed by atoms with Crippen molar-refractivity contribution in [3.63, 3.8) is 0 Å². The first-order valence-corrected chi connectivity index (χ1v) is 8.08. The van der Waals surface area contributed by atoms with Crippen molar-refractivity contribution in [1.82, 2.24) is 0 Å². The van der Waals surface area contributed by atoms with Crippen molar-refractivity contribution in [2.45, 2.75) is 0 Å². The van der Waals surface area contributed by atoms with Gasteiger partial charge in [-0.25, -0.2) is 9.59 Å². The van der Waals surface area contributed by atoms with Crippen LogP contribution in [0.1, 0.15) is 20.7 Å². The van der Waals surface area contributed by atoms with Gasteiger partial charge in [0.05, 0.1) is 11.1 Å². The third-order valence-electron chi connectivity index (χ3n) is 4.55. The molecule has 0 amide bonds. The summed E-state index contributed by atoms with van der Waals surface area (Å²) in [5, 5.41) is 22.7. The maximum absolute atomic E-state index is 12.0. The molecule has 4 aromatic rings. The zero-order valence-corrected chi connectivity index (χ0v) is 13.6. The summed E-state index contributed by atoms with van der Waals surface area (Å²) < 4.78 is 0. The van der Waals surface area contributed by atoms with Crippen LogP contribution in [0.2, 0.25) is 0 Å². The van der Waals surface area contributed by atoms with Crippen LogP contribution in [0.15, 0.2) is 72.8 Å². The van der Waals surface area contributed by atoms with E-state index in [9.17, 15) is 19.8 Å². The lowest BCUT2D eigenvalue weighted by Crippen LogP contribution is -2.10. The lowest BCUT2D eigenvalue weighted by Gasteiger charge is -2.15. The van der Waals surface area contributed by atoms with Crippen molar-refractivity contribution in [2.75, 3.05) is 0 Å². The van der Waals surface area contributed by atoms with Crippen molar-refractivity contribution in [1.29, 1.82) is 0 Å². The fraction of sp³-hybridized carbons (Fsp3) is 0. The molecule has 0 radical (unpaired) electrons. The Hall–Kier alpha value is -3.66.